The number of carbonyl (C=O) groups is 1. The van der Waals surface area contributed by atoms with Crippen molar-refractivity contribution in [1.29, 1.82) is 0 Å². The maximum Gasteiger partial charge on any atom is 0.251 e. The number of nitrogens with one attached hydrogen (secondary N) is 1. The molecule has 3 N–H and O–H groups in total. The van der Waals surface area contributed by atoms with E-state index in [1.807, 2.05) is 0 Å². The lowest BCUT2D eigenvalue weighted by atomic mass is 10.1. The van der Waals surface area contributed by atoms with Gasteiger partial charge in [0.05, 0.1) is 5.38 Å². The Hall–Kier alpha value is -1.42. The number of halogens is 1. The molecule has 100 valence electrons. The third-order valence-electron chi connectivity index (χ3n) is 2.45. The minimum atomic E-state index is -0.320. The van der Waals surface area contributed by atoms with Crippen molar-refractivity contribution >= 4 is 17.5 Å². The highest BCUT2D eigenvalue weighted by molar-refractivity contribution is 6.21. The largest absolute Gasteiger partial charge is 0.504 e. The second kappa shape index (κ2) is 6.50. The van der Waals surface area contributed by atoms with Crippen LogP contribution in [0.4, 0.5) is 0 Å². The third-order valence-corrected chi connectivity index (χ3v) is 2.78. The number of phenolic OH excluding ortho intramolecular Hbond substituents is 2. The quantitative estimate of drug-likeness (QED) is 0.569. The van der Waals surface area contributed by atoms with Gasteiger partial charge in [0, 0.05) is 12.1 Å². The van der Waals surface area contributed by atoms with Crippen LogP contribution in [0.5, 0.6) is 11.5 Å². The van der Waals surface area contributed by atoms with E-state index >= 15 is 0 Å². The van der Waals surface area contributed by atoms with Crippen molar-refractivity contribution in [2.45, 2.75) is 25.6 Å². The molecule has 18 heavy (non-hydrogen) atoms. The van der Waals surface area contributed by atoms with Crippen LogP contribution in [0.3, 0.4) is 0 Å². The van der Waals surface area contributed by atoms with E-state index in [0.29, 0.717) is 18.0 Å². The summed E-state index contributed by atoms with van der Waals surface area (Å²) in [6, 6.07) is 3.93. The molecule has 1 rings (SSSR count). The van der Waals surface area contributed by atoms with Gasteiger partial charge in [0.1, 0.15) is 0 Å². The van der Waals surface area contributed by atoms with Crippen LogP contribution >= 0.6 is 11.6 Å². The molecule has 1 amide bonds. The Morgan fingerprint density at radius 1 is 1.33 bits per heavy atom. The van der Waals surface area contributed by atoms with Crippen molar-refractivity contribution in [3.8, 4) is 11.5 Å². The van der Waals surface area contributed by atoms with E-state index in [0.717, 1.165) is 6.42 Å². The normalized spacial score (nSPS) is 12.4. The summed E-state index contributed by atoms with van der Waals surface area (Å²) >= 11 is 6.06. The molecule has 0 spiro atoms. The first-order chi connectivity index (χ1) is 8.40. The lowest BCUT2D eigenvalue weighted by Crippen LogP contribution is -2.30. The Morgan fingerprint density at radius 2 is 2.00 bits per heavy atom. The van der Waals surface area contributed by atoms with Crippen molar-refractivity contribution < 1.29 is 15.0 Å². The van der Waals surface area contributed by atoms with Crippen LogP contribution in [0.1, 0.15) is 30.6 Å². The summed E-state index contributed by atoms with van der Waals surface area (Å²) in [6.07, 6.45) is 0.822. The van der Waals surface area contributed by atoms with Gasteiger partial charge in [-0.2, -0.15) is 0 Å². The fraction of sp³-hybridized carbons (Fsp3) is 0.462. The topological polar surface area (TPSA) is 69.6 Å². The molecule has 0 aliphatic carbocycles. The Bertz CT molecular complexity index is 421. The summed E-state index contributed by atoms with van der Waals surface area (Å²) in [6.45, 7) is 4.50. The molecular formula is C13H18ClNO3. The summed E-state index contributed by atoms with van der Waals surface area (Å²) in [4.78, 5) is 11.7. The zero-order valence-corrected chi connectivity index (χ0v) is 11.2. The maximum absolute atomic E-state index is 11.7. The second-order valence-electron chi connectivity index (χ2n) is 4.64. The smallest absolute Gasteiger partial charge is 0.251 e. The molecule has 0 aromatic heterocycles. The van der Waals surface area contributed by atoms with E-state index < -0.39 is 0 Å². The summed E-state index contributed by atoms with van der Waals surface area (Å²) in [5.41, 5.74) is 0.290. The van der Waals surface area contributed by atoms with Gasteiger partial charge >= 0.3 is 0 Å². The lowest BCUT2D eigenvalue weighted by Gasteiger charge is -2.13. The molecule has 1 unspecified atom stereocenters. The molecule has 0 aliphatic rings. The molecule has 5 heteroatoms. The summed E-state index contributed by atoms with van der Waals surface area (Å²) < 4.78 is 0. The molecular weight excluding hydrogens is 254 g/mol. The number of carbonyl (C=O) groups excluding carboxylic acids is 1. The van der Waals surface area contributed by atoms with E-state index in [1.165, 1.54) is 18.2 Å². The molecule has 0 saturated heterocycles. The molecule has 0 aliphatic heterocycles. The second-order valence-corrected chi connectivity index (χ2v) is 5.26. The summed E-state index contributed by atoms with van der Waals surface area (Å²) in [5, 5.41) is 21.0. The fourth-order valence-electron chi connectivity index (χ4n) is 1.57. The minimum absolute atomic E-state index is 0.111. The van der Waals surface area contributed by atoms with Crippen molar-refractivity contribution in [2.24, 2.45) is 5.92 Å². The van der Waals surface area contributed by atoms with E-state index in [2.05, 4.69) is 19.2 Å². The van der Waals surface area contributed by atoms with Gasteiger partial charge in [0.25, 0.3) is 5.91 Å². The monoisotopic (exact) mass is 271 g/mol. The van der Waals surface area contributed by atoms with E-state index in [-0.39, 0.29) is 22.8 Å². The first kappa shape index (κ1) is 14.6. The first-order valence-electron chi connectivity index (χ1n) is 5.84. The third kappa shape index (κ3) is 4.45. The number of alkyl halides is 1. The van der Waals surface area contributed by atoms with Gasteiger partial charge in [-0.25, -0.2) is 0 Å². The number of rotatable bonds is 5. The highest BCUT2D eigenvalue weighted by Crippen LogP contribution is 2.24. The van der Waals surface area contributed by atoms with Crippen molar-refractivity contribution in [3.05, 3.63) is 23.8 Å². The SMILES string of the molecule is CC(C)CC(Cl)CNC(=O)c1ccc(O)c(O)c1. The molecule has 1 aromatic rings. The molecule has 0 bridgehead atoms. The number of hydrogen-bond acceptors (Lipinski definition) is 3. The van der Waals surface area contributed by atoms with Gasteiger partial charge < -0.3 is 15.5 Å². The van der Waals surface area contributed by atoms with Crippen LogP contribution in [-0.2, 0) is 0 Å². The number of aromatic hydroxyl groups is 2. The highest BCUT2D eigenvalue weighted by atomic mass is 35.5. The Labute approximate surface area is 112 Å². The van der Waals surface area contributed by atoms with Crippen molar-refractivity contribution in [2.75, 3.05) is 6.54 Å². The average Bonchev–Trinajstić information content (AvgIpc) is 2.28. The van der Waals surface area contributed by atoms with E-state index in [9.17, 15) is 9.90 Å². The average molecular weight is 272 g/mol. The standard InChI is InChI=1S/C13H18ClNO3/c1-8(2)5-10(14)7-15-13(18)9-3-4-11(16)12(17)6-9/h3-4,6,8,10,16-17H,5,7H2,1-2H3,(H,15,18). The highest BCUT2D eigenvalue weighted by Gasteiger charge is 2.12. The predicted molar refractivity (Wildman–Crippen MR) is 71.2 cm³/mol. The number of phenols is 2. The zero-order chi connectivity index (χ0) is 13.7. The first-order valence-corrected chi connectivity index (χ1v) is 6.28. The molecule has 4 nitrogen and oxygen atoms in total. The van der Waals surface area contributed by atoms with Gasteiger partial charge in [0.2, 0.25) is 0 Å². The van der Waals surface area contributed by atoms with Crippen LogP contribution in [0.15, 0.2) is 18.2 Å². The van der Waals surface area contributed by atoms with Crippen molar-refractivity contribution in [1.82, 2.24) is 5.32 Å². The van der Waals surface area contributed by atoms with Gasteiger partial charge in [-0.1, -0.05) is 13.8 Å². The number of hydrogen-bond donors (Lipinski definition) is 3. The Kier molecular flexibility index (Phi) is 5.28. The van der Waals surface area contributed by atoms with Crippen LogP contribution < -0.4 is 5.32 Å². The molecule has 1 atom stereocenters. The lowest BCUT2D eigenvalue weighted by molar-refractivity contribution is 0.0952. The maximum atomic E-state index is 11.7. The minimum Gasteiger partial charge on any atom is -0.504 e. The Morgan fingerprint density at radius 3 is 2.56 bits per heavy atom. The molecule has 0 saturated carbocycles. The van der Waals surface area contributed by atoms with Gasteiger partial charge in [-0.3, -0.25) is 4.79 Å². The van der Waals surface area contributed by atoms with Crippen LogP contribution in [-0.4, -0.2) is 28.0 Å². The summed E-state index contributed by atoms with van der Waals surface area (Å²) in [7, 11) is 0. The molecule has 0 radical (unpaired) electrons. The number of benzene rings is 1. The van der Waals surface area contributed by atoms with Crippen molar-refractivity contribution in [3.63, 3.8) is 0 Å². The molecule has 0 fully saturated rings. The predicted octanol–water partition coefficient (Wildman–Crippen LogP) is 2.48. The van der Waals surface area contributed by atoms with Gasteiger partial charge in [-0.15, -0.1) is 11.6 Å². The Balaban J connectivity index is 2.52. The van der Waals surface area contributed by atoms with Crippen LogP contribution in [0.2, 0.25) is 0 Å². The number of amides is 1. The van der Waals surface area contributed by atoms with Crippen LogP contribution in [0.25, 0.3) is 0 Å². The molecule has 1 aromatic carbocycles. The van der Waals surface area contributed by atoms with E-state index in [1.54, 1.807) is 0 Å². The van der Waals surface area contributed by atoms with Gasteiger partial charge in [0.15, 0.2) is 11.5 Å². The fourth-order valence-corrected chi connectivity index (χ4v) is 2.00. The molecule has 0 heterocycles. The zero-order valence-electron chi connectivity index (χ0n) is 10.5. The van der Waals surface area contributed by atoms with Crippen LogP contribution in [0, 0.1) is 5.92 Å². The van der Waals surface area contributed by atoms with E-state index in [4.69, 9.17) is 16.7 Å². The summed E-state index contributed by atoms with van der Waals surface area (Å²) in [5.74, 6) is -0.407. The van der Waals surface area contributed by atoms with Gasteiger partial charge in [-0.05, 0) is 30.5 Å².